The monoisotopic (exact) mass is 392 g/mol. The second kappa shape index (κ2) is 7.98. The molecular formula is C19H18Cl2N2O3. The number of benzene rings is 2. The number of para-hydroxylation sites is 2. The highest BCUT2D eigenvalue weighted by atomic mass is 35.5. The van der Waals surface area contributed by atoms with E-state index >= 15 is 0 Å². The molecule has 26 heavy (non-hydrogen) atoms. The number of nitrogens with one attached hydrogen (secondary N) is 1. The Balaban J connectivity index is 1.69. The fourth-order valence-corrected chi connectivity index (χ4v) is 3.45. The number of hydrogen-bond donors (Lipinski definition) is 1. The minimum absolute atomic E-state index is 0.193. The predicted molar refractivity (Wildman–Crippen MR) is 102 cm³/mol. The van der Waals surface area contributed by atoms with Crippen LogP contribution in [0.5, 0.6) is 5.75 Å². The van der Waals surface area contributed by atoms with Crippen molar-refractivity contribution in [3.05, 3.63) is 58.1 Å². The van der Waals surface area contributed by atoms with Crippen molar-refractivity contribution in [2.45, 2.75) is 19.4 Å². The van der Waals surface area contributed by atoms with Crippen LogP contribution in [0.3, 0.4) is 0 Å². The van der Waals surface area contributed by atoms with Crippen molar-refractivity contribution in [3.8, 4) is 5.75 Å². The van der Waals surface area contributed by atoms with E-state index in [1.807, 2.05) is 12.1 Å². The van der Waals surface area contributed by atoms with Gasteiger partial charge in [0.15, 0.2) is 0 Å². The van der Waals surface area contributed by atoms with Crippen molar-refractivity contribution in [2.24, 2.45) is 0 Å². The summed E-state index contributed by atoms with van der Waals surface area (Å²) in [6.45, 7) is 2.21. The zero-order valence-corrected chi connectivity index (χ0v) is 15.7. The quantitative estimate of drug-likeness (QED) is 0.756. The van der Waals surface area contributed by atoms with Gasteiger partial charge in [0.05, 0.1) is 22.3 Å². The number of carbonyl (C=O) groups is 2. The molecule has 7 heteroatoms. The SMILES string of the molecule is CC(=O)N[C@H]1C(=O)N(CCCOc2ccccc2Cl)c2c(Cl)cccc21. The van der Waals surface area contributed by atoms with Crippen molar-refractivity contribution in [3.63, 3.8) is 0 Å². The van der Waals surface area contributed by atoms with E-state index in [1.54, 1.807) is 35.2 Å². The molecule has 0 saturated carbocycles. The third-order valence-corrected chi connectivity index (χ3v) is 4.70. The molecule has 0 saturated heterocycles. The topological polar surface area (TPSA) is 58.6 Å². The summed E-state index contributed by atoms with van der Waals surface area (Å²) in [4.78, 5) is 25.8. The van der Waals surface area contributed by atoms with Crippen molar-refractivity contribution >= 4 is 40.7 Å². The van der Waals surface area contributed by atoms with Crippen molar-refractivity contribution in [1.82, 2.24) is 5.32 Å². The second-order valence-electron chi connectivity index (χ2n) is 5.93. The molecule has 2 aromatic carbocycles. The standard InChI is InChI=1S/C19H18Cl2N2O3/c1-12(24)22-17-13-6-4-8-15(21)18(13)23(19(17)25)10-5-11-26-16-9-3-2-7-14(16)20/h2-4,6-9,17H,5,10-11H2,1H3,(H,22,24)/t17-/m1/s1. The Morgan fingerprint density at radius 1 is 1.15 bits per heavy atom. The Morgan fingerprint density at radius 3 is 2.62 bits per heavy atom. The molecule has 136 valence electrons. The van der Waals surface area contributed by atoms with Crippen LogP contribution in [0.25, 0.3) is 0 Å². The van der Waals surface area contributed by atoms with Gasteiger partial charge in [0.25, 0.3) is 5.91 Å². The van der Waals surface area contributed by atoms with Crippen LogP contribution in [0.4, 0.5) is 5.69 Å². The molecule has 0 aliphatic carbocycles. The fraction of sp³-hybridized carbons (Fsp3) is 0.263. The van der Waals surface area contributed by atoms with E-state index in [1.165, 1.54) is 6.92 Å². The van der Waals surface area contributed by atoms with Crippen LogP contribution >= 0.6 is 23.2 Å². The molecule has 3 rings (SSSR count). The zero-order chi connectivity index (χ0) is 18.7. The van der Waals surface area contributed by atoms with Gasteiger partial charge in [-0.3, -0.25) is 9.59 Å². The summed E-state index contributed by atoms with van der Waals surface area (Å²) in [6, 6.07) is 11.8. The van der Waals surface area contributed by atoms with Gasteiger partial charge in [-0.15, -0.1) is 0 Å². The number of carbonyl (C=O) groups excluding carboxylic acids is 2. The first-order valence-electron chi connectivity index (χ1n) is 8.23. The number of ether oxygens (including phenoxy) is 1. The molecule has 5 nitrogen and oxygen atoms in total. The molecule has 0 bridgehead atoms. The van der Waals surface area contributed by atoms with E-state index in [2.05, 4.69) is 5.32 Å². The van der Waals surface area contributed by atoms with E-state index in [9.17, 15) is 9.59 Å². The number of hydrogen-bond acceptors (Lipinski definition) is 3. The Bertz CT molecular complexity index is 841. The lowest BCUT2D eigenvalue weighted by Gasteiger charge is -2.19. The van der Waals surface area contributed by atoms with Crippen molar-refractivity contribution in [2.75, 3.05) is 18.1 Å². The third kappa shape index (κ3) is 3.79. The van der Waals surface area contributed by atoms with Gasteiger partial charge in [-0.05, 0) is 24.6 Å². The van der Waals surface area contributed by atoms with E-state index in [0.717, 1.165) is 0 Å². The molecule has 0 radical (unpaired) electrons. The van der Waals surface area contributed by atoms with Gasteiger partial charge < -0.3 is 15.0 Å². The molecular weight excluding hydrogens is 375 g/mol. The summed E-state index contributed by atoms with van der Waals surface area (Å²) in [7, 11) is 0. The maximum atomic E-state index is 12.8. The first kappa shape index (κ1) is 18.5. The van der Waals surface area contributed by atoms with Crippen molar-refractivity contribution < 1.29 is 14.3 Å². The van der Waals surface area contributed by atoms with Gasteiger partial charge in [-0.25, -0.2) is 0 Å². The lowest BCUT2D eigenvalue weighted by Crippen LogP contribution is -2.37. The van der Waals surface area contributed by atoms with Crippen LogP contribution in [0.1, 0.15) is 24.9 Å². The first-order chi connectivity index (χ1) is 12.5. The second-order valence-corrected chi connectivity index (χ2v) is 6.75. The highest BCUT2D eigenvalue weighted by Crippen LogP contribution is 2.41. The molecule has 0 fully saturated rings. The Morgan fingerprint density at radius 2 is 1.88 bits per heavy atom. The van der Waals surface area contributed by atoms with Crippen LogP contribution in [-0.4, -0.2) is 25.0 Å². The average Bonchev–Trinajstić information content (AvgIpc) is 2.86. The van der Waals surface area contributed by atoms with E-state index in [4.69, 9.17) is 27.9 Å². The molecule has 1 aliphatic rings. The van der Waals surface area contributed by atoms with E-state index in [-0.39, 0.29) is 11.8 Å². The molecule has 1 heterocycles. The maximum absolute atomic E-state index is 12.8. The minimum atomic E-state index is -0.703. The molecule has 0 spiro atoms. The summed E-state index contributed by atoms with van der Waals surface area (Å²) in [5.41, 5.74) is 1.36. The van der Waals surface area contributed by atoms with Gasteiger partial charge in [0.1, 0.15) is 11.8 Å². The normalized spacial score (nSPS) is 15.7. The summed E-state index contributed by atoms with van der Waals surface area (Å²) in [6.07, 6.45) is 0.592. The molecule has 0 aromatic heterocycles. The van der Waals surface area contributed by atoms with E-state index < -0.39 is 6.04 Å². The largest absolute Gasteiger partial charge is 0.492 e. The van der Waals surface area contributed by atoms with Gasteiger partial charge in [0.2, 0.25) is 5.91 Å². The molecule has 0 unspecified atom stereocenters. The lowest BCUT2D eigenvalue weighted by molar-refractivity contribution is -0.126. The van der Waals surface area contributed by atoms with E-state index in [0.29, 0.717) is 46.6 Å². The number of halogens is 2. The molecule has 1 atom stereocenters. The van der Waals surface area contributed by atoms with Crippen LogP contribution in [-0.2, 0) is 9.59 Å². The minimum Gasteiger partial charge on any atom is -0.492 e. The van der Waals surface area contributed by atoms with Crippen LogP contribution in [0.15, 0.2) is 42.5 Å². The maximum Gasteiger partial charge on any atom is 0.254 e. The first-order valence-corrected chi connectivity index (χ1v) is 8.99. The number of amides is 2. The summed E-state index contributed by atoms with van der Waals surface area (Å²) in [5, 5.41) is 3.72. The molecule has 2 amide bonds. The summed E-state index contributed by atoms with van der Waals surface area (Å²) < 4.78 is 5.67. The Labute approximate surface area is 161 Å². The van der Waals surface area contributed by atoms with Crippen LogP contribution < -0.4 is 15.0 Å². The predicted octanol–water partition coefficient (Wildman–Crippen LogP) is 3.99. The highest BCUT2D eigenvalue weighted by Gasteiger charge is 2.38. The van der Waals surface area contributed by atoms with Crippen LogP contribution in [0, 0.1) is 0 Å². The Kier molecular flexibility index (Phi) is 5.69. The lowest BCUT2D eigenvalue weighted by atomic mass is 10.1. The fourth-order valence-electron chi connectivity index (χ4n) is 2.98. The van der Waals surface area contributed by atoms with Gasteiger partial charge in [-0.1, -0.05) is 47.5 Å². The Hall–Kier alpha value is -2.24. The summed E-state index contributed by atoms with van der Waals surface area (Å²) in [5.74, 6) is 0.149. The summed E-state index contributed by atoms with van der Waals surface area (Å²) >= 11 is 12.4. The smallest absolute Gasteiger partial charge is 0.254 e. The third-order valence-electron chi connectivity index (χ3n) is 4.08. The van der Waals surface area contributed by atoms with Crippen molar-refractivity contribution in [1.29, 1.82) is 0 Å². The van der Waals surface area contributed by atoms with Gasteiger partial charge >= 0.3 is 0 Å². The number of nitrogens with zero attached hydrogens (tertiary/aromatic N) is 1. The number of rotatable bonds is 6. The molecule has 2 aromatic rings. The number of fused-ring (bicyclic) bond motifs is 1. The van der Waals surface area contributed by atoms with Gasteiger partial charge in [-0.2, -0.15) is 0 Å². The number of anilines is 1. The highest BCUT2D eigenvalue weighted by molar-refractivity contribution is 6.35. The molecule has 1 aliphatic heterocycles. The van der Waals surface area contributed by atoms with Gasteiger partial charge in [0, 0.05) is 19.0 Å². The molecule has 1 N–H and O–H groups in total. The average molecular weight is 393 g/mol. The van der Waals surface area contributed by atoms with Crippen LogP contribution in [0.2, 0.25) is 10.0 Å². The zero-order valence-electron chi connectivity index (χ0n) is 14.2.